The van der Waals surface area contributed by atoms with Gasteiger partial charge in [0.15, 0.2) is 0 Å². The lowest BCUT2D eigenvalue weighted by atomic mass is 9.70. The Hall–Kier alpha value is -3.82. The molecule has 1 aliphatic carbocycles. The summed E-state index contributed by atoms with van der Waals surface area (Å²) in [6, 6.07) is 21.1. The standard InChI is InChI=1S/C33H40N4O5/c1-4-5-17-28(29(38)31-37(42-31)24(3)25-13-8-6-9-14-25)34-32(39)41-22-33(18-12-19-33)21-40-30-27(20-23(2)35-36-30)26-15-10-7-11-16-26/h6-11,13-16,20,24,28,31H,4-5,12,17-19,21-22H2,1-3H3,(H,34,39)/t24-,28-,31?,37?/m1/s1. The highest BCUT2D eigenvalue weighted by Gasteiger charge is 2.49. The van der Waals surface area contributed by atoms with E-state index in [9.17, 15) is 9.59 Å². The van der Waals surface area contributed by atoms with Gasteiger partial charge in [-0.15, -0.1) is 10.2 Å². The molecule has 0 radical (unpaired) electrons. The van der Waals surface area contributed by atoms with Gasteiger partial charge in [-0.05, 0) is 50.3 Å². The van der Waals surface area contributed by atoms with Crippen LogP contribution in [0.15, 0.2) is 66.7 Å². The van der Waals surface area contributed by atoms with Crippen molar-refractivity contribution in [2.45, 2.75) is 77.6 Å². The molecule has 3 aromatic rings. The smallest absolute Gasteiger partial charge is 0.407 e. The maximum absolute atomic E-state index is 13.3. The second-order valence-electron chi connectivity index (χ2n) is 11.4. The van der Waals surface area contributed by atoms with Gasteiger partial charge in [0.05, 0.1) is 24.4 Å². The van der Waals surface area contributed by atoms with Gasteiger partial charge in [0.1, 0.15) is 6.61 Å². The first-order valence-electron chi connectivity index (χ1n) is 14.9. The van der Waals surface area contributed by atoms with Crippen molar-refractivity contribution >= 4 is 11.9 Å². The van der Waals surface area contributed by atoms with Crippen LogP contribution in [0.2, 0.25) is 0 Å². The Labute approximate surface area is 247 Å². The molecule has 1 saturated carbocycles. The monoisotopic (exact) mass is 572 g/mol. The van der Waals surface area contributed by atoms with Crippen molar-refractivity contribution in [3.8, 4) is 17.0 Å². The average molecular weight is 573 g/mol. The van der Waals surface area contributed by atoms with Gasteiger partial charge < -0.3 is 14.8 Å². The fourth-order valence-corrected chi connectivity index (χ4v) is 5.34. The van der Waals surface area contributed by atoms with Crippen LogP contribution in [0.5, 0.6) is 5.88 Å². The normalized spacial score (nSPS) is 20.1. The summed E-state index contributed by atoms with van der Waals surface area (Å²) in [5.74, 6) is 0.308. The highest BCUT2D eigenvalue weighted by molar-refractivity contribution is 5.91. The molecule has 2 unspecified atom stereocenters. The summed E-state index contributed by atoms with van der Waals surface area (Å²) in [6.45, 7) is 6.51. The number of hydroxylamine groups is 2. The first-order chi connectivity index (χ1) is 20.4. The van der Waals surface area contributed by atoms with Crippen LogP contribution in [0.4, 0.5) is 4.79 Å². The molecular formula is C33H40N4O5. The molecule has 222 valence electrons. The third kappa shape index (κ3) is 7.14. The third-order valence-electron chi connectivity index (χ3n) is 8.20. The number of hydrogen-bond acceptors (Lipinski definition) is 8. The first-order valence-corrected chi connectivity index (χ1v) is 14.9. The Kier molecular flexibility index (Phi) is 9.49. The fourth-order valence-electron chi connectivity index (χ4n) is 5.34. The van der Waals surface area contributed by atoms with E-state index in [1.54, 1.807) is 5.06 Å². The van der Waals surface area contributed by atoms with Crippen molar-refractivity contribution in [2.24, 2.45) is 5.41 Å². The molecular weight excluding hydrogens is 532 g/mol. The highest BCUT2D eigenvalue weighted by atomic mass is 16.8. The summed E-state index contributed by atoms with van der Waals surface area (Å²) in [7, 11) is 0. The fraction of sp³-hybridized carbons (Fsp3) is 0.455. The van der Waals surface area contributed by atoms with Crippen LogP contribution < -0.4 is 10.1 Å². The molecule has 9 heteroatoms. The SMILES string of the molecule is CCCC[C@@H](NC(=O)OCC1(COc2nnc(C)cc2-c2ccccc2)CCC1)C(=O)C1ON1[C@H](C)c1ccccc1. The molecule has 2 fully saturated rings. The highest BCUT2D eigenvalue weighted by Crippen LogP contribution is 2.42. The van der Waals surface area contributed by atoms with E-state index in [1.165, 1.54) is 0 Å². The number of nitrogens with one attached hydrogen (secondary N) is 1. The molecule has 2 heterocycles. The molecule has 4 atom stereocenters. The minimum absolute atomic E-state index is 0.0713. The van der Waals surface area contributed by atoms with Crippen molar-refractivity contribution < 1.29 is 23.9 Å². The van der Waals surface area contributed by atoms with Gasteiger partial charge in [-0.1, -0.05) is 86.8 Å². The van der Waals surface area contributed by atoms with Gasteiger partial charge in [-0.2, -0.15) is 5.10 Å². The molecule has 1 aromatic heterocycles. The van der Waals surface area contributed by atoms with E-state index in [0.29, 0.717) is 18.9 Å². The summed E-state index contributed by atoms with van der Waals surface area (Å²) in [5.41, 5.74) is 3.45. The Bertz CT molecular complexity index is 1350. The number of carbonyl (C=O) groups excluding carboxylic acids is 2. The number of rotatable bonds is 14. The number of alkyl carbamates (subject to hydrolysis) is 1. The van der Waals surface area contributed by atoms with Gasteiger partial charge in [0.2, 0.25) is 17.9 Å². The number of Topliss-reactive ketones (excluding diaryl/α,β-unsaturated/α-hetero) is 1. The summed E-state index contributed by atoms with van der Waals surface area (Å²) in [5, 5.41) is 13.0. The zero-order chi connectivity index (χ0) is 29.5. The van der Waals surface area contributed by atoms with Crippen molar-refractivity contribution in [3.63, 3.8) is 0 Å². The Morgan fingerprint density at radius 1 is 1.07 bits per heavy atom. The van der Waals surface area contributed by atoms with Crippen LogP contribution >= 0.6 is 0 Å². The van der Waals surface area contributed by atoms with Gasteiger partial charge in [0.25, 0.3) is 0 Å². The number of aromatic nitrogens is 2. The van der Waals surface area contributed by atoms with Crippen molar-refractivity contribution in [1.82, 2.24) is 20.6 Å². The van der Waals surface area contributed by atoms with E-state index in [-0.39, 0.29) is 23.8 Å². The van der Waals surface area contributed by atoms with Crippen molar-refractivity contribution in [1.29, 1.82) is 0 Å². The lowest BCUT2D eigenvalue weighted by Crippen LogP contribution is -2.46. The molecule has 2 aliphatic rings. The molecule has 2 aromatic carbocycles. The van der Waals surface area contributed by atoms with Gasteiger partial charge >= 0.3 is 6.09 Å². The summed E-state index contributed by atoms with van der Waals surface area (Å²) in [4.78, 5) is 31.9. The number of carbonyl (C=O) groups is 2. The predicted octanol–water partition coefficient (Wildman–Crippen LogP) is 6.19. The van der Waals surface area contributed by atoms with Crippen LogP contribution in [-0.2, 0) is 14.4 Å². The van der Waals surface area contributed by atoms with Crippen LogP contribution in [0.3, 0.4) is 0 Å². The van der Waals surface area contributed by atoms with Crippen LogP contribution in [0.25, 0.3) is 11.1 Å². The Morgan fingerprint density at radius 3 is 2.45 bits per heavy atom. The van der Waals surface area contributed by atoms with Crippen LogP contribution in [0.1, 0.15) is 69.7 Å². The Morgan fingerprint density at radius 2 is 1.79 bits per heavy atom. The van der Waals surface area contributed by atoms with E-state index < -0.39 is 18.4 Å². The second-order valence-corrected chi connectivity index (χ2v) is 11.4. The lowest BCUT2D eigenvalue weighted by molar-refractivity contribution is -0.122. The van der Waals surface area contributed by atoms with Gasteiger partial charge in [-0.25, -0.2) is 4.79 Å². The molecule has 1 N–H and O–H groups in total. The van der Waals surface area contributed by atoms with E-state index in [1.807, 2.05) is 80.6 Å². The minimum Gasteiger partial charge on any atom is -0.475 e. The number of nitrogens with zero attached hydrogens (tertiary/aromatic N) is 3. The number of hydrogen-bond donors (Lipinski definition) is 1. The van der Waals surface area contributed by atoms with E-state index in [0.717, 1.165) is 54.5 Å². The Balaban J connectivity index is 1.16. The second kappa shape index (κ2) is 13.4. The molecule has 5 rings (SSSR count). The predicted molar refractivity (Wildman–Crippen MR) is 158 cm³/mol. The summed E-state index contributed by atoms with van der Waals surface area (Å²) >= 11 is 0. The van der Waals surface area contributed by atoms with Gasteiger partial charge in [0, 0.05) is 11.0 Å². The number of benzene rings is 2. The molecule has 1 saturated heterocycles. The van der Waals surface area contributed by atoms with Crippen molar-refractivity contribution in [2.75, 3.05) is 13.2 Å². The lowest BCUT2D eigenvalue weighted by Gasteiger charge is -2.40. The number of ketones is 1. The molecule has 0 spiro atoms. The zero-order valence-electron chi connectivity index (χ0n) is 24.6. The third-order valence-corrected chi connectivity index (χ3v) is 8.20. The van der Waals surface area contributed by atoms with Crippen LogP contribution in [0, 0.1) is 12.3 Å². The minimum atomic E-state index is -0.680. The number of ether oxygens (including phenoxy) is 2. The maximum atomic E-state index is 13.3. The zero-order valence-corrected chi connectivity index (χ0v) is 24.6. The molecule has 42 heavy (non-hydrogen) atoms. The number of aryl methyl sites for hydroxylation is 1. The number of unbranched alkanes of at least 4 members (excludes halogenated alkanes) is 1. The van der Waals surface area contributed by atoms with Crippen LogP contribution in [-0.4, -0.2) is 52.6 Å². The first kappa shape index (κ1) is 29.7. The summed E-state index contributed by atoms with van der Waals surface area (Å²) in [6.07, 6.45) is 3.75. The van der Waals surface area contributed by atoms with E-state index >= 15 is 0 Å². The molecule has 0 bridgehead atoms. The topological polar surface area (TPSA) is 106 Å². The van der Waals surface area contributed by atoms with Gasteiger partial charge in [-0.3, -0.25) is 9.63 Å². The molecule has 9 nitrogen and oxygen atoms in total. The maximum Gasteiger partial charge on any atom is 0.407 e. The summed E-state index contributed by atoms with van der Waals surface area (Å²) < 4.78 is 11.9. The average Bonchev–Trinajstić information content (AvgIpc) is 3.80. The van der Waals surface area contributed by atoms with Crippen molar-refractivity contribution in [3.05, 3.63) is 78.0 Å². The van der Waals surface area contributed by atoms with E-state index in [4.69, 9.17) is 14.3 Å². The number of amides is 1. The molecule has 1 aliphatic heterocycles. The van der Waals surface area contributed by atoms with E-state index in [2.05, 4.69) is 22.4 Å². The quantitative estimate of drug-likeness (QED) is 0.228. The largest absolute Gasteiger partial charge is 0.475 e. The molecule has 1 amide bonds.